The van der Waals surface area contributed by atoms with Crippen LogP contribution in [0.25, 0.3) is 0 Å². The van der Waals surface area contributed by atoms with Gasteiger partial charge in [0.1, 0.15) is 0 Å². The lowest BCUT2D eigenvalue weighted by molar-refractivity contribution is -0.0252. The first-order valence-electron chi connectivity index (χ1n) is 7.60. The van der Waals surface area contributed by atoms with Gasteiger partial charge in [-0.2, -0.15) is 0 Å². The fourth-order valence-electron chi connectivity index (χ4n) is 2.78. The summed E-state index contributed by atoms with van der Waals surface area (Å²) in [6.45, 7) is 1.99. The van der Waals surface area contributed by atoms with Crippen LogP contribution in [0.3, 0.4) is 0 Å². The Morgan fingerprint density at radius 3 is 2.82 bits per heavy atom. The number of morpholine rings is 1. The molecule has 2 fully saturated rings. The molecule has 0 radical (unpaired) electrons. The van der Waals surface area contributed by atoms with Gasteiger partial charge >= 0.3 is 12.0 Å². The molecule has 3 rings (SSSR count). The van der Waals surface area contributed by atoms with Crippen LogP contribution in [0.2, 0.25) is 0 Å². The third kappa shape index (κ3) is 3.39. The maximum atomic E-state index is 12.3. The standard InChI is InChI=1S/C16H20N2O4/c19-15(20)13-4-2-1-3-12(13)9-17-16(21)18-7-8-22-14(10-18)11-5-6-11/h1-4,11,14H,5-10H2,(H,17,21)(H,19,20). The number of benzene rings is 1. The first kappa shape index (κ1) is 14.8. The summed E-state index contributed by atoms with van der Waals surface area (Å²) in [7, 11) is 0. The molecule has 22 heavy (non-hydrogen) atoms. The number of nitrogens with zero attached hydrogens (tertiary/aromatic N) is 1. The second kappa shape index (κ2) is 6.36. The number of rotatable bonds is 4. The number of carbonyl (C=O) groups excluding carboxylic acids is 1. The molecule has 1 saturated carbocycles. The summed E-state index contributed by atoms with van der Waals surface area (Å²) in [6.07, 6.45) is 2.53. The fraction of sp³-hybridized carbons (Fsp3) is 0.500. The first-order valence-corrected chi connectivity index (χ1v) is 7.60. The number of ether oxygens (including phenoxy) is 1. The highest BCUT2D eigenvalue weighted by molar-refractivity contribution is 5.89. The third-order valence-corrected chi connectivity index (χ3v) is 4.21. The largest absolute Gasteiger partial charge is 0.478 e. The summed E-state index contributed by atoms with van der Waals surface area (Å²) in [5, 5.41) is 12.0. The van der Waals surface area contributed by atoms with Crippen molar-refractivity contribution in [2.45, 2.75) is 25.5 Å². The molecule has 2 aliphatic rings. The van der Waals surface area contributed by atoms with Crippen LogP contribution in [0.4, 0.5) is 4.79 Å². The van der Waals surface area contributed by atoms with E-state index in [2.05, 4.69) is 5.32 Å². The van der Waals surface area contributed by atoms with Crippen molar-refractivity contribution in [1.29, 1.82) is 0 Å². The molecular weight excluding hydrogens is 284 g/mol. The lowest BCUT2D eigenvalue weighted by atomic mass is 10.1. The Kier molecular flexibility index (Phi) is 4.29. The quantitative estimate of drug-likeness (QED) is 0.887. The number of aromatic carboxylic acids is 1. The summed E-state index contributed by atoms with van der Waals surface area (Å²) in [6, 6.07) is 6.55. The van der Waals surface area contributed by atoms with Crippen LogP contribution < -0.4 is 5.32 Å². The molecule has 1 aliphatic carbocycles. The maximum absolute atomic E-state index is 12.3. The number of nitrogens with one attached hydrogen (secondary N) is 1. The number of hydrogen-bond donors (Lipinski definition) is 2. The molecule has 1 heterocycles. The second-order valence-electron chi connectivity index (χ2n) is 5.81. The number of carbonyl (C=O) groups is 2. The molecule has 1 unspecified atom stereocenters. The van der Waals surface area contributed by atoms with E-state index >= 15 is 0 Å². The topological polar surface area (TPSA) is 78.9 Å². The molecule has 0 bridgehead atoms. The Morgan fingerprint density at radius 2 is 2.09 bits per heavy atom. The molecule has 2 N–H and O–H groups in total. The van der Waals surface area contributed by atoms with Gasteiger partial charge < -0.3 is 20.1 Å². The van der Waals surface area contributed by atoms with Gasteiger partial charge in [0.2, 0.25) is 0 Å². The summed E-state index contributed by atoms with van der Waals surface area (Å²) in [4.78, 5) is 25.2. The minimum absolute atomic E-state index is 0.158. The van der Waals surface area contributed by atoms with Crippen LogP contribution in [0, 0.1) is 5.92 Å². The molecule has 1 aliphatic heterocycles. The van der Waals surface area contributed by atoms with Gasteiger partial charge in [0, 0.05) is 19.6 Å². The van der Waals surface area contributed by atoms with Crippen LogP contribution in [-0.4, -0.2) is 47.8 Å². The molecule has 1 saturated heterocycles. The summed E-state index contributed by atoms with van der Waals surface area (Å²) >= 11 is 0. The van der Waals surface area contributed by atoms with Crippen LogP contribution in [-0.2, 0) is 11.3 Å². The minimum Gasteiger partial charge on any atom is -0.478 e. The Balaban J connectivity index is 1.57. The van der Waals surface area contributed by atoms with Crippen molar-refractivity contribution in [3.63, 3.8) is 0 Å². The maximum Gasteiger partial charge on any atom is 0.336 e. The van der Waals surface area contributed by atoms with Gasteiger partial charge in [-0.05, 0) is 30.4 Å². The lowest BCUT2D eigenvalue weighted by Crippen LogP contribution is -2.50. The first-order chi connectivity index (χ1) is 10.6. The van der Waals surface area contributed by atoms with Crippen LogP contribution >= 0.6 is 0 Å². The van der Waals surface area contributed by atoms with Crippen molar-refractivity contribution in [3.05, 3.63) is 35.4 Å². The van der Waals surface area contributed by atoms with E-state index in [1.807, 2.05) is 0 Å². The van der Waals surface area contributed by atoms with Gasteiger partial charge in [-0.1, -0.05) is 18.2 Å². The Hall–Kier alpha value is -2.08. The Labute approximate surface area is 129 Å². The van der Waals surface area contributed by atoms with E-state index in [9.17, 15) is 9.59 Å². The number of urea groups is 1. The average Bonchev–Trinajstić information content (AvgIpc) is 3.38. The van der Waals surface area contributed by atoms with Crippen molar-refractivity contribution >= 4 is 12.0 Å². The zero-order chi connectivity index (χ0) is 15.5. The van der Waals surface area contributed by atoms with Gasteiger partial charge in [0.25, 0.3) is 0 Å². The van der Waals surface area contributed by atoms with Gasteiger partial charge in [-0.15, -0.1) is 0 Å². The molecule has 1 aromatic carbocycles. The van der Waals surface area contributed by atoms with E-state index in [0.717, 1.165) is 0 Å². The van der Waals surface area contributed by atoms with Crippen molar-refractivity contribution < 1.29 is 19.4 Å². The number of carboxylic acids is 1. The zero-order valence-corrected chi connectivity index (χ0v) is 12.3. The molecular formula is C16H20N2O4. The monoisotopic (exact) mass is 304 g/mol. The summed E-state index contributed by atoms with van der Waals surface area (Å²) in [5.41, 5.74) is 0.830. The average molecular weight is 304 g/mol. The minimum atomic E-state index is -0.981. The van der Waals surface area contributed by atoms with Crippen molar-refractivity contribution in [3.8, 4) is 0 Å². The Morgan fingerprint density at radius 1 is 1.32 bits per heavy atom. The predicted molar refractivity (Wildman–Crippen MR) is 79.7 cm³/mol. The molecule has 118 valence electrons. The van der Waals surface area contributed by atoms with E-state index < -0.39 is 5.97 Å². The van der Waals surface area contributed by atoms with Gasteiger partial charge in [-0.3, -0.25) is 0 Å². The molecule has 1 atom stereocenters. The van der Waals surface area contributed by atoms with E-state index in [1.165, 1.54) is 12.8 Å². The van der Waals surface area contributed by atoms with Gasteiger partial charge in [0.15, 0.2) is 0 Å². The highest BCUT2D eigenvalue weighted by Gasteiger charge is 2.36. The normalized spacial score (nSPS) is 21.5. The second-order valence-corrected chi connectivity index (χ2v) is 5.81. The molecule has 0 aromatic heterocycles. The van der Waals surface area contributed by atoms with E-state index in [0.29, 0.717) is 31.2 Å². The predicted octanol–water partition coefficient (Wildman–Crippen LogP) is 1.71. The highest BCUT2D eigenvalue weighted by atomic mass is 16.5. The van der Waals surface area contributed by atoms with E-state index in [1.54, 1.807) is 29.2 Å². The van der Waals surface area contributed by atoms with Crippen LogP contribution in [0.5, 0.6) is 0 Å². The fourth-order valence-corrected chi connectivity index (χ4v) is 2.78. The van der Waals surface area contributed by atoms with Crippen molar-refractivity contribution in [1.82, 2.24) is 10.2 Å². The van der Waals surface area contributed by atoms with E-state index in [4.69, 9.17) is 9.84 Å². The number of amides is 2. The summed E-state index contributed by atoms with van der Waals surface area (Å²) < 4.78 is 5.70. The van der Waals surface area contributed by atoms with Crippen molar-refractivity contribution in [2.24, 2.45) is 5.92 Å². The third-order valence-electron chi connectivity index (χ3n) is 4.21. The molecule has 0 spiro atoms. The van der Waals surface area contributed by atoms with Crippen molar-refractivity contribution in [2.75, 3.05) is 19.7 Å². The highest BCUT2D eigenvalue weighted by Crippen LogP contribution is 2.35. The zero-order valence-electron chi connectivity index (χ0n) is 12.3. The molecule has 1 aromatic rings. The number of carboxylic acid groups (broad SMARTS) is 1. The molecule has 2 amide bonds. The van der Waals surface area contributed by atoms with Crippen LogP contribution in [0.1, 0.15) is 28.8 Å². The Bertz CT molecular complexity index is 571. The lowest BCUT2D eigenvalue weighted by Gasteiger charge is -2.33. The smallest absolute Gasteiger partial charge is 0.336 e. The number of hydrogen-bond acceptors (Lipinski definition) is 3. The van der Waals surface area contributed by atoms with Gasteiger partial charge in [-0.25, -0.2) is 9.59 Å². The van der Waals surface area contributed by atoms with Gasteiger partial charge in [0.05, 0.1) is 18.3 Å². The van der Waals surface area contributed by atoms with Crippen LogP contribution in [0.15, 0.2) is 24.3 Å². The molecule has 6 nitrogen and oxygen atoms in total. The summed E-state index contributed by atoms with van der Waals surface area (Å²) in [5.74, 6) is -0.381. The molecule has 6 heteroatoms. The SMILES string of the molecule is O=C(O)c1ccccc1CNC(=O)N1CCOC(C2CC2)C1. The van der Waals surface area contributed by atoms with E-state index in [-0.39, 0.29) is 24.2 Å².